The highest BCUT2D eigenvalue weighted by Gasteiger charge is 2.50. The van der Waals surface area contributed by atoms with Gasteiger partial charge in [0.25, 0.3) is 0 Å². The van der Waals surface area contributed by atoms with Gasteiger partial charge in [-0.15, -0.1) is 13.2 Å². The van der Waals surface area contributed by atoms with Crippen molar-refractivity contribution in [2.24, 2.45) is 5.92 Å². The van der Waals surface area contributed by atoms with Crippen molar-refractivity contribution in [3.05, 3.63) is 71.8 Å². The first kappa shape index (κ1) is 19.6. The SMILES string of the molecule is C=CCC1=C(C)C(C(CC=C)(C(=O)O)c2ccc(C(C)=O)cc2)CC1=O. The predicted octanol–water partition coefficient (Wildman–Crippen LogP) is 4.27. The zero-order valence-corrected chi connectivity index (χ0v) is 15.2. The maximum absolute atomic E-state index is 12.5. The fraction of sp³-hybridized carbons (Fsp3) is 0.318. The summed E-state index contributed by atoms with van der Waals surface area (Å²) < 4.78 is 0. The molecular formula is C22H24O4. The Labute approximate surface area is 153 Å². The maximum Gasteiger partial charge on any atom is 0.315 e. The van der Waals surface area contributed by atoms with E-state index < -0.39 is 17.3 Å². The Morgan fingerprint density at radius 2 is 1.85 bits per heavy atom. The van der Waals surface area contributed by atoms with E-state index in [1.54, 1.807) is 36.4 Å². The van der Waals surface area contributed by atoms with Crippen molar-refractivity contribution >= 4 is 17.5 Å². The van der Waals surface area contributed by atoms with Gasteiger partial charge in [-0.1, -0.05) is 42.0 Å². The summed E-state index contributed by atoms with van der Waals surface area (Å²) in [5.41, 5.74) is 1.26. The Bertz CT molecular complexity index is 798. The van der Waals surface area contributed by atoms with Gasteiger partial charge >= 0.3 is 5.97 Å². The maximum atomic E-state index is 12.5. The van der Waals surface area contributed by atoms with E-state index in [0.29, 0.717) is 23.1 Å². The highest BCUT2D eigenvalue weighted by molar-refractivity contribution is 6.01. The van der Waals surface area contributed by atoms with E-state index >= 15 is 0 Å². The third-order valence-corrected chi connectivity index (χ3v) is 5.32. The molecule has 2 unspecified atom stereocenters. The third-order valence-electron chi connectivity index (χ3n) is 5.32. The van der Waals surface area contributed by atoms with E-state index in [0.717, 1.165) is 5.57 Å². The number of allylic oxidation sites excluding steroid dienone is 4. The number of Topliss-reactive ketones (excluding diaryl/α,β-unsaturated/α-hetero) is 2. The molecule has 26 heavy (non-hydrogen) atoms. The zero-order valence-electron chi connectivity index (χ0n) is 15.2. The smallest absolute Gasteiger partial charge is 0.315 e. The first-order chi connectivity index (χ1) is 12.3. The minimum atomic E-state index is -1.29. The Hall–Kier alpha value is -2.75. The van der Waals surface area contributed by atoms with Gasteiger partial charge in [0, 0.05) is 17.9 Å². The van der Waals surface area contributed by atoms with Gasteiger partial charge in [-0.2, -0.15) is 0 Å². The third kappa shape index (κ3) is 3.19. The molecule has 0 saturated heterocycles. The number of hydrogen-bond donors (Lipinski definition) is 1. The molecule has 0 fully saturated rings. The minimum absolute atomic E-state index is 0.0255. The fourth-order valence-corrected chi connectivity index (χ4v) is 3.91. The number of aliphatic carboxylic acids is 1. The number of carboxylic acid groups (broad SMARTS) is 1. The molecule has 0 aliphatic heterocycles. The average molecular weight is 352 g/mol. The van der Waals surface area contributed by atoms with Crippen molar-refractivity contribution in [3.8, 4) is 0 Å². The van der Waals surface area contributed by atoms with E-state index in [4.69, 9.17) is 0 Å². The summed E-state index contributed by atoms with van der Waals surface area (Å²) in [6, 6.07) is 6.63. The monoisotopic (exact) mass is 352 g/mol. The zero-order chi connectivity index (χ0) is 19.5. The molecule has 0 radical (unpaired) electrons. The van der Waals surface area contributed by atoms with Crippen LogP contribution in [0.15, 0.2) is 60.7 Å². The summed E-state index contributed by atoms with van der Waals surface area (Å²) in [6.07, 6.45) is 4.03. The summed E-state index contributed by atoms with van der Waals surface area (Å²) in [4.78, 5) is 36.5. The van der Waals surface area contributed by atoms with Crippen LogP contribution < -0.4 is 0 Å². The van der Waals surface area contributed by atoms with Crippen LogP contribution in [0.4, 0.5) is 0 Å². The molecule has 1 aromatic carbocycles. The standard InChI is InChI=1S/C22H24O4/c1-5-7-18-14(3)19(13-20(18)24)22(12-6-2,21(25)26)17-10-8-16(9-11-17)15(4)23/h5-6,8-11,19H,1-2,7,12-13H2,3-4H3,(H,25,26). The molecule has 4 heteroatoms. The van der Waals surface area contributed by atoms with Crippen molar-refractivity contribution in [3.63, 3.8) is 0 Å². The lowest BCUT2D eigenvalue weighted by atomic mass is 9.65. The molecule has 136 valence electrons. The van der Waals surface area contributed by atoms with Crippen LogP contribution in [0.25, 0.3) is 0 Å². The van der Waals surface area contributed by atoms with Crippen LogP contribution in [0.2, 0.25) is 0 Å². The van der Waals surface area contributed by atoms with Crippen LogP contribution in [-0.2, 0) is 15.0 Å². The molecule has 0 saturated carbocycles. The lowest BCUT2D eigenvalue weighted by molar-refractivity contribution is -0.145. The van der Waals surface area contributed by atoms with E-state index in [2.05, 4.69) is 13.2 Å². The predicted molar refractivity (Wildman–Crippen MR) is 101 cm³/mol. The average Bonchev–Trinajstić information content (AvgIpc) is 2.88. The molecule has 2 rings (SSSR count). The fourth-order valence-electron chi connectivity index (χ4n) is 3.91. The molecule has 0 amide bonds. The van der Waals surface area contributed by atoms with Gasteiger partial charge < -0.3 is 5.11 Å². The summed E-state index contributed by atoms with van der Waals surface area (Å²) in [6.45, 7) is 10.7. The second-order valence-electron chi connectivity index (χ2n) is 6.74. The quantitative estimate of drug-likeness (QED) is 0.560. The minimum Gasteiger partial charge on any atom is -0.481 e. The summed E-state index contributed by atoms with van der Waals surface area (Å²) in [5.74, 6) is -1.56. The molecule has 1 aromatic rings. The molecular weight excluding hydrogens is 328 g/mol. The van der Waals surface area contributed by atoms with E-state index in [-0.39, 0.29) is 24.4 Å². The van der Waals surface area contributed by atoms with Crippen LogP contribution in [-0.4, -0.2) is 22.6 Å². The second-order valence-corrected chi connectivity index (χ2v) is 6.74. The van der Waals surface area contributed by atoms with Gasteiger partial charge in [0.1, 0.15) is 5.41 Å². The molecule has 2 atom stereocenters. The van der Waals surface area contributed by atoms with Crippen LogP contribution in [0.5, 0.6) is 0 Å². The Kier molecular flexibility index (Phi) is 5.76. The molecule has 0 heterocycles. The molecule has 1 aliphatic rings. The molecule has 4 nitrogen and oxygen atoms in total. The highest BCUT2D eigenvalue weighted by atomic mass is 16.4. The first-order valence-corrected chi connectivity index (χ1v) is 8.59. The topological polar surface area (TPSA) is 71.4 Å². The number of rotatable bonds is 8. The van der Waals surface area contributed by atoms with E-state index in [9.17, 15) is 19.5 Å². The van der Waals surface area contributed by atoms with Crippen molar-refractivity contribution in [1.29, 1.82) is 0 Å². The number of carbonyl (C=O) groups is 3. The van der Waals surface area contributed by atoms with Crippen LogP contribution in [0.1, 0.15) is 49.0 Å². The number of carboxylic acids is 1. The van der Waals surface area contributed by atoms with Crippen molar-refractivity contribution < 1.29 is 19.5 Å². The van der Waals surface area contributed by atoms with Gasteiger partial charge in [-0.3, -0.25) is 14.4 Å². The molecule has 1 aliphatic carbocycles. The molecule has 0 spiro atoms. The molecule has 0 aromatic heterocycles. The van der Waals surface area contributed by atoms with Crippen molar-refractivity contribution in [1.82, 2.24) is 0 Å². The molecule has 0 bridgehead atoms. The van der Waals surface area contributed by atoms with Gasteiger partial charge in [0.15, 0.2) is 11.6 Å². The van der Waals surface area contributed by atoms with Gasteiger partial charge in [0.05, 0.1) is 0 Å². The second kappa shape index (κ2) is 7.65. The van der Waals surface area contributed by atoms with Crippen molar-refractivity contribution in [2.75, 3.05) is 0 Å². The lowest BCUT2D eigenvalue weighted by Crippen LogP contribution is -2.43. The first-order valence-electron chi connectivity index (χ1n) is 8.59. The van der Waals surface area contributed by atoms with Crippen molar-refractivity contribution in [2.45, 2.75) is 38.5 Å². The number of ketones is 2. The van der Waals surface area contributed by atoms with Gasteiger partial charge in [-0.25, -0.2) is 0 Å². The van der Waals surface area contributed by atoms with Crippen LogP contribution in [0.3, 0.4) is 0 Å². The number of hydrogen-bond acceptors (Lipinski definition) is 3. The number of benzene rings is 1. The Morgan fingerprint density at radius 3 is 2.31 bits per heavy atom. The van der Waals surface area contributed by atoms with Crippen LogP contribution >= 0.6 is 0 Å². The van der Waals surface area contributed by atoms with E-state index in [1.165, 1.54) is 6.92 Å². The number of carbonyl (C=O) groups excluding carboxylic acids is 2. The van der Waals surface area contributed by atoms with Gasteiger partial charge in [0.2, 0.25) is 0 Å². The lowest BCUT2D eigenvalue weighted by Gasteiger charge is -2.36. The summed E-state index contributed by atoms with van der Waals surface area (Å²) in [7, 11) is 0. The Morgan fingerprint density at radius 1 is 1.23 bits per heavy atom. The normalized spacial score (nSPS) is 19.2. The highest BCUT2D eigenvalue weighted by Crippen LogP contribution is 2.47. The summed E-state index contributed by atoms with van der Waals surface area (Å²) in [5, 5.41) is 10.2. The summed E-state index contributed by atoms with van der Waals surface area (Å²) >= 11 is 0. The van der Waals surface area contributed by atoms with E-state index in [1.807, 2.05) is 6.92 Å². The molecule has 1 N–H and O–H groups in total. The van der Waals surface area contributed by atoms with Gasteiger partial charge in [-0.05, 0) is 37.8 Å². The Balaban J connectivity index is 2.65. The van der Waals surface area contributed by atoms with Crippen LogP contribution in [0, 0.1) is 5.92 Å². The largest absolute Gasteiger partial charge is 0.481 e.